The minimum Gasteiger partial charge on any atom is -0.464 e. The molecule has 1 aromatic rings. The van der Waals surface area contributed by atoms with Crippen molar-refractivity contribution in [1.82, 2.24) is 0 Å². The summed E-state index contributed by atoms with van der Waals surface area (Å²) in [5, 5.41) is 8.91. The zero-order valence-electron chi connectivity index (χ0n) is 12.3. The molecule has 1 N–H and O–H groups in total. The summed E-state index contributed by atoms with van der Waals surface area (Å²) in [4.78, 5) is 22.5. The van der Waals surface area contributed by atoms with Crippen LogP contribution in [0.15, 0.2) is 30.3 Å². The molecule has 1 atom stereocenters. The average Bonchev–Trinajstić information content (AvgIpc) is 2.49. The third-order valence-corrected chi connectivity index (χ3v) is 2.85. The molecule has 1 aromatic carbocycles. The van der Waals surface area contributed by atoms with Gasteiger partial charge < -0.3 is 14.6 Å². The van der Waals surface area contributed by atoms with Crippen LogP contribution in [0, 0.1) is 0 Å². The SMILES string of the molecule is CC(O)C(=O)OCCCCCC(=O)OCc1ccccc1. The Bertz CT molecular complexity index is 428. The van der Waals surface area contributed by atoms with Gasteiger partial charge in [-0.2, -0.15) is 0 Å². The fraction of sp³-hybridized carbons (Fsp3) is 0.500. The molecule has 116 valence electrons. The minimum absolute atomic E-state index is 0.222. The van der Waals surface area contributed by atoms with Gasteiger partial charge in [-0.05, 0) is 31.7 Å². The highest BCUT2D eigenvalue weighted by Crippen LogP contribution is 2.05. The van der Waals surface area contributed by atoms with Gasteiger partial charge in [-0.15, -0.1) is 0 Å². The molecule has 1 unspecified atom stereocenters. The van der Waals surface area contributed by atoms with Gasteiger partial charge in [0.1, 0.15) is 12.7 Å². The monoisotopic (exact) mass is 294 g/mol. The molecule has 0 amide bonds. The van der Waals surface area contributed by atoms with Crippen molar-refractivity contribution in [3.63, 3.8) is 0 Å². The predicted molar refractivity (Wildman–Crippen MR) is 77.3 cm³/mol. The lowest BCUT2D eigenvalue weighted by Crippen LogP contribution is -2.19. The van der Waals surface area contributed by atoms with Crippen LogP contribution in [0.4, 0.5) is 0 Å². The number of aliphatic hydroxyl groups excluding tert-OH is 1. The van der Waals surface area contributed by atoms with E-state index in [4.69, 9.17) is 14.6 Å². The molecule has 0 aliphatic carbocycles. The van der Waals surface area contributed by atoms with Gasteiger partial charge in [0.15, 0.2) is 0 Å². The molecule has 0 saturated carbocycles. The van der Waals surface area contributed by atoms with E-state index in [1.807, 2.05) is 30.3 Å². The van der Waals surface area contributed by atoms with Crippen LogP contribution < -0.4 is 0 Å². The number of esters is 2. The zero-order chi connectivity index (χ0) is 15.5. The van der Waals surface area contributed by atoms with Crippen LogP contribution in [0.1, 0.15) is 38.2 Å². The van der Waals surface area contributed by atoms with Crippen molar-refractivity contribution in [3.8, 4) is 0 Å². The maximum atomic E-state index is 11.5. The van der Waals surface area contributed by atoms with Crippen LogP contribution >= 0.6 is 0 Å². The van der Waals surface area contributed by atoms with Gasteiger partial charge in [-0.25, -0.2) is 4.79 Å². The topological polar surface area (TPSA) is 72.8 Å². The number of carbonyl (C=O) groups is 2. The summed E-state index contributed by atoms with van der Waals surface area (Å²) >= 11 is 0. The number of rotatable bonds is 9. The molecule has 0 radical (unpaired) electrons. The maximum Gasteiger partial charge on any atom is 0.334 e. The molecule has 0 bridgehead atoms. The van der Waals surface area contributed by atoms with Gasteiger partial charge in [-0.3, -0.25) is 4.79 Å². The molecule has 21 heavy (non-hydrogen) atoms. The van der Waals surface area contributed by atoms with Crippen LogP contribution in [0.2, 0.25) is 0 Å². The van der Waals surface area contributed by atoms with Crippen LogP contribution in [0.3, 0.4) is 0 Å². The van der Waals surface area contributed by atoms with Crippen molar-refractivity contribution in [3.05, 3.63) is 35.9 Å². The third kappa shape index (κ3) is 8.09. The van der Waals surface area contributed by atoms with E-state index in [0.29, 0.717) is 25.9 Å². The Morgan fingerprint density at radius 3 is 2.48 bits per heavy atom. The molecule has 0 aliphatic rings. The highest BCUT2D eigenvalue weighted by Gasteiger charge is 2.09. The van der Waals surface area contributed by atoms with Gasteiger partial charge in [0.05, 0.1) is 6.61 Å². The highest BCUT2D eigenvalue weighted by atomic mass is 16.5. The summed E-state index contributed by atoms with van der Waals surface area (Å²) in [5.74, 6) is -0.836. The zero-order valence-corrected chi connectivity index (χ0v) is 12.3. The maximum absolute atomic E-state index is 11.5. The number of unbranched alkanes of at least 4 members (excludes halogenated alkanes) is 2. The molecule has 5 nitrogen and oxygen atoms in total. The van der Waals surface area contributed by atoms with E-state index in [2.05, 4.69) is 0 Å². The van der Waals surface area contributed by atoms with Crippen LogP contribution in [-0.2, 0) is 25.7 Å². The van der Waals surface area contributed by atoms with E-state index in [-0.39, 0.29) is 12.6 Å². The standard InChI is InChI=1S/C16H22O5/c1-13(17)16(19)20-11-7-3-6-10-15(18)21-12-14-8-4-2-5-9-14/h2,4-5,8-9,13,17H,3,6-7,10-12H2,1H3. The smallest absolute Gasteiger partial charge is 0.334 e. The van der Waals surface area contributed by atoms with E-state index in [9.17, 15) is 9.59 Å². The number of carbonyl (C=O) groups excluding carboxylic acids is 2. The predicted octanol–water partition coefficient (Wildman–Crippen LogP) is 2.21. The molecule has 1 rings (SSSR count). The van der Waals surface area contributed by atoms with Crippen molar-refractivity contribution in [1.29, 1.82) is 0 Å². The first-order valence-corrected chi connectivity index (χ1v) is 7.14. The van der Waals surface area contributed by atoms with Gasteiger partial charge in [-0.1, -0.05) is 30.3 Å². The second-order valence-corrected chi connectivity index (χ2v) is 4.80. The first-order valence-electron chi connectivity index (χ1n) is 7.14. The van der Waals surface area contributed by atoms with Crippen molar-refractivity contribution in [2.75, 3.05) is 6.61 Å². The number of hydrogen-bond acceptors (Lipinski definition) is 5. The van der Waals surface area contributed by atoms with Crippen LogP contribution in [0.25, 0.3) is 0 Å². The van der Waals surface area contributed by atoms with E-state index >= 15 is 0 Å². The van der Waals surface area contributed by atoms with Crippen LogP contribution in [0.5, 0.6) is 0 Å². The Morgan fingerprint density at radius 1 is 1.10 bits per heavy atom. The van der Waals surface area contributed by atoms with E-state index < -0.39 is 12.1 Å². The van der Waals surface area contributed by atoms with Crippen molar-refractivity contribution < 1.29 is 24.2 Å². The average molecular weight is 294 g/mol. The molecule has 0 aromatic heterocycles. The second-order valence-electron chi connectivity index (χ2n) is 4.80. The number of benzene rings is 1. The van der Waals surface area contributed by atoms with E-state index in [1.165, 1.54) is 6.92 Å². The van der Waals surface area contributed by atoms with E-state index in [0.717, 1.165) is 12.0 Å². The Kier molecular flexibility index (Phi) is 8.12. The molecule has 0 spiro atoms. The van der Waals surface area contributed by atoms with Crippen molar-refractivity contribution >= 4 is 11.9 Å². The number of ether oxygens (including phenoxy) is 2. The lowest BCUT2D eigenvalue weighted by molar-refractivity contribution is -0.152. The van der Waals surface area contributed by atoms with E-state index in [1.54, 1.807) is 0 Å². The van der Waals surface area contributed by atoms with Crippen LogP contribution in [-0.4, -0.2) is 29.8 Å². The fourth-order valence-electron chi connectivity index (χ4n) is 1.65. The molecule has 0 fully saturated rings. The first kappa shape index (κ1) is 17.2. The van der Waals surface area contributed by atoms with Gasteiger partial charge in [0.2, 0.25) is 0 Å². The lowest BCUT2D eigenvalue weighted by atomic mass is 10.2. The molecule has 0 saturated heterocycles. The number of hydrogen-bond donors (Lipinski definition) is 1. The number of aliphatic hydroxyl groups is 1. The fourth-order valence-corrected chi connectivity index (χ4v) is 1.65. The largest absolute Gasteiger partial charge is 0.464 e. The molecular weight excluding hydrogens is 272 g/mol. The summed E-state index contributed by atoms with van der Waals surface area (Å²) in [5.41, 5.74) is 0.968. The highest BCUT2D eigenvalue weighted by molar-refractivity contribution is 5.73. The Morgan fingerprint density at radius 2 is 1.81 bits per heavy atom. The summed E-state index contributed by atoms with van der Waals surface area (Å²) in [6, 6.07) is 9.53. The second kappa shape index (κ2) is 9.94. The molecular formula is C16H22O5. The van der Waals surface area contributed by atoms with Crippen molar-refractivity contribution in [2.45, 2.75) is 45.3 Å². The Labute approximate surface area is 124 Å². The summed E-state index contributed by atoms with van der Waals surface area (Å²) in [6.45, 7) is 1.93. The van der Waals surface area contributed by atoms with Gasteiger partial charge in [0, 0.05) is 6.42 Å². The van der Waals surface area contributed by atoms with Crippen molar-refractivity contribution in [2.24, 2.45) is 0 Å². The first-order chi connectivity index (χ1) is 10.1. The quantitative estimate of drug-likeness (QED) is 0.558. The minimum atomic E-state index is -1.09. The Balaban J connectivity index is 2.00. The summed E-state index contributed by atoms with van der Waals surface area (Å²) < 4.78 is 9.96. The third-order valence-electron chi connectivity index (χ3n) is 2.85. The molecule has 0 aliphatic heterocycles. The van der Waals surface area contributed by atoms with Gasteiger partial charge >= 0.3 is 11.9 Å². The lowest BCUT2D eigenvalue weighted by Gasteiger charge is -2.06. The summed E-state index contributed by atoms with van der Waals surface area (Å²) in [6.07, 6.45) is 1.41. The summed E-state index contributed by atoms with van der Waals surface area (Å²) in [7, 11) is 0. The molecule has 5 heteroatoms. The normalized spacial score (nSPS) is 11.7. The Hall–Kier alpha value is -1.88. The molecule has 0 heterocycles. The van der Waals surface area contributed by atoms with Gasteiger partial charge in [0.25, 0.3) is 0 Å².